The van der Waals surface area contributed by atoms with Crippen molar-refractivity contribution < 1.29 is 17.5 Å². The molecule has 0 spiro atoms. The fraction of sp³-hybridized carbons (Fsp3) is 0.278. The fourth-order valence-corrected chi connectivity index (χ4v) is 4.36. The molecule has 28 heavy (non-hydrogen) atoms. The van der Waals surface area contributed by atoms with E-state index in [1.165, 1.54) is 16.4 Å². The van der Waals surface area contributed by atoms with Crippen molar-refractivity contribution in [3.63, 3.8) is 0 Å². The van der Waals surface area contributed by atoms with Crippen molar-refractivity contribution in [2.45, 2.75) is 31.5 Å². The summed E-state index contributed by atoms with van der Waals surface area (Å²) in [6.45, 7) is 2.43. The van der Waals surface area contributed by atoms with Gasteiger partial charge in [0.05, 0.1) is 29.9 Å². The van der Waals surface area contributed by atoms with Crippen LogP contribution >= 0.6 is 0 Å². The first-order chi connectivity index (χ1) is 13.4. The molecule has 8 nitrogen and oxygen atoms in total. The van der Waals surface area contributed by atoms with Gasteiger partial charge in [-0.3, -0.25) is 4.98 Å². The van der Waals surface area contributed by atoms with Crippen LogP contribution in [0.25, 0.3) is 0 Å². The molecule has 0 aliphatic carbocycles. The fourth-order valence-electron chi connectivity index (χ4n) is 2.96. The van der Waals surface area contributed by atoms with Crippen molar-refractivity contribution in [2.24, 2.45) is 0 Å². The predicted molar refractivity (Wildman–Crippen MR) is 97.3 cm³/mol. The summed E-state index contributed by atoms with van der Waals surface area (Å²) in [5.41, 5.74) is 1.61. The zero-order chi connectivity index (χ0) is 19.7. The number of ether oxygens (including phenoxy) is 1. The Morgan fingerprint density at radius 3 is 2.86 bits per heavy atom. The minimum Gasteiger partial charge on any atom is -0.486 e. The number of aryl methyl sites for hydroxylation is 1. The number of hydrogen-bond acceptors (Lipinski definition) is 6. The van der Waals surface area contributed by atoms with Gasteiger partial charge in [0, 0.05) is 12.7 Å². The van der Waals surface area contributed by atoms with Gasteiger partial charge >= 0.3 is 0 Å². The molecule has 0 radical (unpaired) electrons. The van der Waals surface area contributed by atoms with Crippen molar-refractivity contribution in [2.75, 3.05) is 6.54 Å². The van der Waals surface area contributed by atoms with Crippen molar-refractivity contribution in [1.82, 2.24) is 24.3 Å². The highest BCUT2D eigenvalue weighted by Gasteiger charge is 2.31. The maximum Gasteiger partial charge on any atom is 0.243 e. The zero-order valence-electron chi connectivity index (χ0n) is 15.1. The average molecular weight is 403 g/mol. The summed E-state index contributed by atoms with van der Waals surface area (Å²) >= 11 is 0. The number of rotatable bonds is 5. The van der Waals surface area contributed by atoms with Crippen LogP contribution in [0.5, 0.6) is 5.75 Å². The molecule has 0 saturated heterocycles. The highest BCUT2D eigenvalue weighted by molar-refractivity contribution is 7.89. The lowest BCUT2D eigenvalue weighted by Crippen LogP contribution is -2.38. The van der Waals surface area contributed by atoms with E-state index in [4.69, 9.17) is 4.74 Å². The zero-order valence-corrected chi connectivity index (χ0v) is 15.9. The summed E-state index contributed by atoms with van der Waals surface area (Å²) < 4.78 is 48.4. The highest BCUT2D eigenvalue weighted by atomic mass is 32.2. The van der Waals surface area contributed by atoms with Gasteiger partial charge in [0.2, 0.25) is 10.0 Å². The van der Waals surface area contributed by atoms with Gasteiger partial charge in [0.1, 0.15) is 23.9 Å². The molecule has 0 unspecified atom stereocenters. The lowest BCUT2D eigenvalue weighted by atomic mass is 10.2. The summed E-state index contributed by atoms with van der Waals surface area (Å²) in [5.74, 6) is 0.0371. The van der Waals surface area contributed by atoms with Gasteiger partial charge in [-0.05, 0) is 36.8 Å². The molecule has 0 bridgehead atoms. The number of sulfonamides is 1. The lowest BCUT2D eigenvalue weighted by molar-refractivity contribution is 0.290. The van der Waals surface area contributed by atoms with Gasteiger partial charge in [0.15, 0.2) is 0 Å². The van der Waals surface area contributed by atoms with Crippen molar-refractivity contribution in [3.8, 4) is 5.75 Å². The molecule has 1 aliphatic heterocycles. The number of benzene rings is 1. The summed E-state index contributed by atoms with van der Waals surface area (Å²) in [6.07, 6.45) is 3.22. The van der Waals surface area contributed by atoms with Crippen LogP contribution in [-0.4, -0.2) is 39.2 Å². The summed E-state index contributed by atoms with van der Waals surface area (Å²) in [7, 11) is -3.83. The first-order valence-electron chi connectivity index (χ1n) is 8.65. The number of aromatic nitrogens is 4. The molecule has 0 amide bonds. The van der Waals surface area contributed by atoms with Gasteiger partial charge in [-0.25, -0.2) is 17.5 Å². The van der Waals surface area contributed by atoms with Crippen LogP contribution in [0.1, 0.15) is 17.0 Å². The van der Waals surface area contributed by atoms with Crippen molar-refractivity contribution in [3.05, 3.63) is 65.5 Å². The maximum atomic E-state index is 13.9. The Balaban J connectivity index is 1.55. The van der Waals surface area contributed by atoms with E-state index in [-0.39, 0.29) is 24.6 Å². The number of nitrogens with zero attached hydrogens (tertiary/aromatic N) is 5. The van der Waals surface area contributed by atoms with Gasteiger partial charge in [-0.15, -0.1) is 5.10 Å². The maximum absolute atomic E-state index is 13.9. The van der Waals surface area contributed by atoms with E-state index in [0.29, 0.717) is 29.2 Å². The molecule has 1 aliphatic rings. The quantitative estimate of drug-likeness (QED) is 0.646. The third-order valence-corrected chi connectivity index (χ3v) is 6.44. The second-order valence-corrected chi connectivity index (χ2v) is 8.37. The van der Waals surface area contributed by atoms with Crippen LogP contribution in [0, 0.1) is 12.7 Å². The van der Waals surface area contributed by atoms with Crippen molar-refractivity contribution >= 4 is 10.0 Å². The van der Waals surface area contributed by atoms with Gasteiger partial charge in [0.25, 0.3) is 0 Å². The second kappa shape index (κ2) is 7.28. The third kappa shape index (κ3) is 3.48. The van der Waals surface area contributed by atoms with E-state index in [9.17, 15) is 12.8 Å². The normalized spacial score (nSPS) is 14.6. The van der Waals surface area contributed by atoms with Crippen LogP contribution in [0.3, 0.4) is 0 Å². The number of halogens is 1. The number of pyridine rings is 1. The van der Waals surface area contributed by atoms with E-state index in [1.807, 2.05) is 0 Å². The van der Waals surface area contributed by atoms with E-state index in [2.05, 4.69) is 15.3 Å². The van der Waals surface area contributed by atoms with Crippen LogP contribution in [0.15, 0.2) is 47.6 Å². The molecule has 10 heteroatoms. The first kappa shape index (κ1) is 18.5. The molecule has 0 atom stereocenters. The summed E-state index contributed by atoms with van der Waals surface area (Å²) in [6, 6.07) is 7.47. The Morgan fingerprint density at radius 1 is 1.25 bits per heavy atom. The van der Waals surface area contributed by atoms with E-state index in [0.717, 1.165) is 6.07 Å². The Hall–Kier alpha value is -2.85. The minimum absolute atomic E-state index is 0.0651. The molecule has 4 rings (SSSR count). The SMILES string of the molecule is Cc1ccc(S(=O)(=O)N2CCn3nnc(COc4cccnc4)c3C2)cc1F. The largest absolute Gasteiger partial charge is 0.486 e. The lowest BCUT2D eigenvalue weighted by Gasteiger charge is -2.27. The minimum atomic E-state index is -3.83. The molecule has 3 aromatic rings. The monoisotopic (exact) mass is 403 g/mol. The van der Waals surface area contributed by atoms with Gasteiger partial charge in [-0.2, -0.15) is 4.31 Å². The molecule has 0 fully saturated rings. The first-order valence-corrected chi connectivity index (χ1v) is 10.1. The second-order valence-electron chi connectivity index (χ2n) is 6.43. The van der Waals surface area contributed by atoms with Crippen LogP contribution in [0.4, 0.5) is 4.39 Å². The number of fused-ring (bicyclic) bond motifs is 1. The highest BCUT2D eigenvalue weighted by Crippen LogP contribution is 2.24. The molecule has 3 heterocycles. The number of hydrogen-bond donors (Lipinski definition) is 0. The average Bonchev–Trinajstić information content (AvgIpc) is 3.11. The standard InChI is InChI=1S/C18H18FN5O3S/c1-13-4-5-15(9-16(13)19)28(25,26)23-7-8-24-18(11-23)17(21-22-24)12-27-14-3-2-6-20-10-14/h2-6,9-10H,7-8,11-12H2,1H3. The topological polar surface area (TPSA) is 90.2 Å². The molecule has 0 N–H and O–H groups in total. The predicted octanol–water partition coefficient (Wildman–Crippen LogP) is 1.90. The Kier molecular flexibility index (Phi) is 4.82. The van der Waals surface area contributed by atoms with Gasteiger partial charge in [-0.1, -0.05) is 11.3 Å². The van der Waals surface area contributed by atoms with Crippen LogP contribution in [0.2, 0.25) is 0 Å². The van der Waals surface area contributed by atoms with E-state index in [1.54, 1.807) is 36.1 Å². The Morgan fingerprint density at radius 2 is 2.11 bits per heavy atom. The summed E-state index contributed by atoms with van der Waals surface area (Å²) in [5, 5.41) is 8.19. The molecule has 146 valence electrons. The van der Waals surface area contributed by atoms with Crippen molar-refractivity contribution in [1.29, 1.82) is 0 Å². The summed E-state index contributed by atoms with van der Waals surface area (Å²) in [4.78, 5) is 3.91. The molecular formula is C18H18FN5O3S. The van der Waals surface area contributed by atoms with E-state index < -0.39 is 15.8 Å². The van der Waals surface area contributed by atoms with Crippen LogP contribution < -0.4 is 4.74 Å². The molecule has 1 aromatic carbocycles. The molecule has 2 aromatic heterocycles. The third-order valence-electron chi connectivity index (χ3n) is 4.60. The molecular weight excluding hydrogens is 385 g/mol. The van der Waals surface area contributed by atoms with E-state index >= 15 is 0 Å². The van der Waals surface area contributed by atoms with Gasteiger partial charge < -0.3 is 4.74 Å². The Bertz CT molecular complexity index is 1100. The Labute approximate surface area is 161 Å². The molecule has 0 saturated carbocycles. The smallest absolute Gasteiger partial charge is 0.243 e. The van der Waals surface area contributed by atoms with Crippen LogP contribution in [-0.2, 0) is 29.7 Å².